The Kier molecular flexibility index (Phi) is 3.57. The molecule has 0 aliphatic heterocycles. The van der Waals surface area contributed by atoms with Crippen LogP contribution in [0.5, 0.6) is 0 Å². The molecular formula is C22H26O. The highest BCUT2D eigenvalue weighted by atomic mass is 16.5. The minimum absolute atomic E-state index is 0.264. The van der Waals surface area contributed by atoms with E-state index in [0.29, 0.717) is 5.92 Å². The molecule has 2 atom stereocenters. The summed E-state index contributed by atoms with van der Waals surface area (Å²) in [4.78, 5) is 0. The lowest BCUT2D eigenvalue weighted by atomic mass is 9.88. The lowest BCUT2D eigenvalue weighted by Crippen LogP contribution is -2.05. The van der Waals surface area contributed by atoms with E-state index < -0.39 is 0 Å². The van der Waals surface area contributed by atoms with Gasteiger partial charge >= 0.3 is 0 Å². The first-order valence-electron chi connectivity index (χ1n) is 8.87. The zero-order valence-corrected chi connectivity index (χ0v) is 14.7. The molecule has 0 bridgehead atoms. The van der Waals surface area contributed by atoms with Gasteiger partial charge in [0.25, 0.3) is 0 Å². The SMILES string of the molecule is COC1c2cc3c(c(-c4cc(C)cc(C)c4)c2CC1C)CCC3. The Balaban J connectivity index is 1.99. The Morgan fingerprint density at radius 3 is 2.39 bits per heavy atom. The summed E-state index contributed by atoms with van der Waals surface area (Å²) >= 11 is 0. The van der Waals surface area contributed by atoms with Gasteiger partial charge in [-0.05, 0) is 78.8 Å². The molecule has 0 amide bonds. The smallest absolute Gasteiger partial charge is 0.0852 e. The third-order valence-electron chi connectivity index (χ3n) is 5.66. The van der Waals surface area contributed by atoms with Crippen molar-refractivity contribution in [2.75, 3.05) is 7.11 Å². The molecule has 2 aliphatic carbocycles. The summed E-state index contributed by atoms with van der Waals surface area (Å²) < 4.78 is 5.85. The summed E-state index contributed by atoms with van der Waals surface area (Å²) in [5.74, 6) is 0.571. The van der Waals surface area contributed by atoms with Crippen LogP contribution < -0.4 is 0 Å². The minimum Gasteiger partial charge on any atom is -0.376 e. The second-order valence-electron chi connectivity index (χ2n) is 7.52. The molecule has 0 heterocycles. The van der Waals surface area contributed by atoms with E-state index in [0.717, 1.165) is 6.42 Å². The van der Waals surface area contributed by atoms with Crippen molar-refractivity contribution in [3.05, 3.63) is 57.6 Å². The summed E-state index contributed by atoms with van der Waals surface area (Å²) in [6.45, 7) is 6.74. The van der Waals surface area contributed by atoms with Gasteiger partial charge in [0.05, 0.1) is 6.10 Å². The molecule has 23 heavy (non-hydrogen) atoms. The zero-order chi connectivity index (χ0) is 16.1. The second-order valence-corrected chi connectivity index (χ2v) is 7.52. The summed E-state index contributed by atoms with van der Waals surface area (Å²) in [6, 6.07) is 9.47. The summed E-state index contributed by atoms with van der Waals surface area (Å²) in [5.41, 5.74) is 11.9. The monoisotopic (exact) mass is 306 g/mol. The number of aryl methyl sites for hydroxylation is 3. The van der Waals surface area contributed by atoms with Gasteiger partial charge in [-0.1, -0.05) is 42.3 Å². The summed E-state index contributed by atoms with van der Waals surface area (Å²) in [5, 5.41) is 0. The zero-order valence-electron chi connectivity index (χ0n) is 14.7. The van der Waals surface area contributed by atoms with Crippen molar-refractivity contribution in [3.8, 4) is 11.1 Å². The molecule has 0 saturated heterocycles. The van der Waals surface area contributed by atoms with Gasteiger partial charge in [-0.15, -0.1) is 0 Å². The second kappa shape index (κ2) is 5.49. The van der Waals surface area contributed by atoms with Crippen LogP contribution >= 0.6 is 0 Å². The first kappa shape index (κ1) is 15.0. The Hall–Kier alpha value is -1.60. The van der Waals surface area contributed by atoms with Crippen LogP contribution in [0.3, 0.4) is 0 Å². The van der Waals surface area contributed by atoms with Crippen LogP contribution in [-0.2, 0) is 24.0 Å². The van der Waals surface area contributed by atoms with Crippen LogP contribution in [0.2, 0.25) is 0 Å². The normalized spacial score (nSPS) is 22.3. The molecule has 2 unspecified atom stereocenters. The maximum Gasteiger partial charge on any atom is 0.0852 e. The van der Waals surface area contributed by atoms with Gasteiger partial charge in [0, 0.05) is 7.11 Å². The molecule has 2 aromatic rings. The molecule has 0 saturated carbocycles. The lowest BCUT2D eigenvalue weighted by molar-refractivity contribution is 0.0695. The van der Waals surface area contributed by atoms with Gasteiger partial charge < -0.3 is 4.74 Å². The molecule has 2 aromatic carbocycles. The van der Waals surface area contributed by atoms with E-state index in [1.807, 2.05) is 7.11 Å². The summed E-state index contributed by atoms with van der Waals surface area (Å²) in [7, 11) is 1.86. The van der Waals surface area contributed by atoms with E-state index in [1.165, 1.54) is 47.1 Å². The van der Waals surface area contributed by atoms with Gasteiger partial charge in [-0.3, -0.25) is 0 Å². The standard InChI is InChI=1S/C22H26O/c1-13-8-14(2)10-17(9-13)21-18-7-5-6-16(18)12-20-19(21)11-15(3)22(20)23-4/h8-10,12,15,22H,5-7,11H2,1-4H3. The topological polar surface area (TPSA) is 9.23 Å². The fourth-order valence-corrected chi connectivity index (χ4v) is 4.85. The van der Waals surface area contributed by atoms with E-state index in [9.17, 15) is 0 Å². The minimum atomic E-state index is 0.264. The van der Waals surface area contributed by atoms with Crippen molar-refractivity contribution in [3.63, 3.8) is 0 Å². The Morgan fingerprint density at radius 1 is 0.957 bits per heavy atom. The number of rotatable bonds is 2. The van der Waals surface area contributed by atoms with Crippen molar-refractivity contribution in [2.24, 2.45) is 5.92 Å². The lowest BCUT2D eigenvalue weighted by Gasteiger charge is -2.18. The van der Waals surface area contributed by atoms with E-state index in [2.05, 4.69) is 45.0 Å². The molecule has 2 aliphatic rings. The number of hydrogen-bond acceptors (Lipinski definition) is 1. The number of methoxy groups -OCH3 is 1. The van der Waals surface area contributed by atoms with Crippen LogP contribution in [0.4, 0.5) is 0 Å². The van der Waals surface area contributed by atoms with Gasteiger partial charge in [0.1, 0.15) is 0 Å². The molecule has 4 rings (SSSR count). The van der Waals surface area contributed by atoms with Gasteiger partial charge in [-0.25, -0.2) is 0 Å². The maximum absolute atomic E-state index is 5.85. The molecule has 0 fully saturated rings. The molecule has 120 valence electrons. The number of hydrogen-bond donors (Lipinski definition) is 0. The van der Waals surface area contributed by atoms with E-state index >= 15 is 0 Å². The van der Waals surface area contributed by atoms with Crippen LogP contribution in [0.1, 0.15) is 52.8 Å². The number of fused-ring (bicyclic) bond motifs is 2. The van der Waals surface area contributed by atoms with Crippen molar-refractivity contribution >= 4 is 0 Å². The average molecular weight is 306 g/mol. The Bertz CT molecular complexity index is 752. The highest BCUT2D eigenvalue weighted by molar-refractivity contribution is 5.76. The van der Waals surface area contributed by atoms with Gasteiger partial charge in [0.2, 0.25) is 0 Å². The van der Waals surface area contributed by atoms with E-state index in [4.69, 9.17) is 4.74 Å². The first-order chi connectivity index (χ1) is 11.1. The van der Waals surface area contributed by atoms with Crippen molar-refractivity contribution < 1.29 is 4.74 Å². The number of ether oxygens (including phenoxy) is 1. The third-order valence-corrected chi connectivity index (χ3v) is 5.66. The van der Waals surface area contributed by atoms with Crippen LogP contribution in [0.15, 0.2) is 24.3 Å². The van der Waals surface area contributed by atoms with Crippen LogP contribution in [-0.4, -0.2) is 7.11 Å². The van der Waals surface area contributed by atoms with Crippen LogP contribution in [0, 0.1) is 19.8 Å². The van der Waals surface area contributed by atoms with E-state index in [-0.39, 0.29) is 6.10 Å². The fourth-order valence-electron chi connectivity index (χ4n) is 4.85. The molecule has 1 nitrogen and oxygen atoms in total. The molecule has 0 aromatic heterocycles. The predicted molar refractivity (Wildman–Crippen MR) is 96.0 cm³/mol. The van der Waals surface area contributed by atoms with Crippen LogP contribution in [0.25, 0.3) is 11.1 Å². The van der Waals surface area contributed by atoms with Crippen molar-refractivity contribution in [1.29, 1.82) is 0 Å². The number of benzene rings is 2. The first-order valence-corrected chi connectivity index (χ1v) is 8.87. The maximum atomic E-state index is 5.85. The highest BCUT2D eigenvalue weighted by Crippen LogP contribution is 2.47. The largest absolute Gasteiger partial charge is 0.376 e. The molecule has 1 heteroatoms. The fraction of sp³-hybridized carbons (Fsp3) is 0.455. The Labute approximate surface area is 139 Å². The van der Waals surface area contributed by atoms with Gasteiger partial charge in [-0.2, -0.15) is 0 Å². The molecule has 0 spiro atoms. The molecule has 0 radical (unpaired) electrons. The highest BCUT2D eigenvalue weighted by Gasteiger charge is 2.34. The third kappa shape index (κ3) is 2.33. The van der Waals surface area contributed by atoms with Gasteiger partial charge in [0.15, 0.2) is 0 Å². The Morgan fingerprint density at radius 2 is 1.70 bits per heavy atom. The van der Waals surface area contributed by atoms with Crippen molar-refractivity contribution in [1.82, 2.24) is 0 Å². The molecule has 0 N–H and O–H groups in total. The predicted octanol–water partition coefficient (Wildman–Crippen LogP) is 5.34. The van der Waals surface area contributed by atoms with Crippen molar-refractivity contribution in [2.45, 2.75) is 52.6 Å². The average Bonchev–Trinajstić information content (AvgIpc) is 3.06. The van der Waals surface area contributed by atoms with E-state index in [1.54, 1.807) is 16.7 Å². The summed E-state index contributed by atoms with van der Waals surface area (Å²) in [6.07, 6.45) is 5.16. The molecular weight excluding hydrogens is 280 g/mol. The quantitative estimate of drug-likeness (QED) is 0.728.